The topological polar surface area (TPSA) is 74.4 Å². The van der Waals surface area contributed by atoms with Crippen molar-refractivity contribution in [3.05, 3.63) is 16.7 Å². The Kier molecular flexibility index (Phi) is 1.09. The number of fused-ring (bicyclic) bond motifs is 1. The molecule has 0 spiro atoms. The van der Waals surface area contributed by atoms with E-state index in [1.807, 2.05) is 7.85 Å². The third-order valence-corrected chi connectivity index (χ3v) is 1.36. The summed E-state index contributed by atoms with van der Waals surface area (Å²) in [7, 11) is 1.82. The van der Waals surface area contributed by atoms with Gasteiger partial charge >= 0.3 is 5.69 Å². The van der Waals surface area contributed by atoms with Crippen molar-refractivity contribution in [2.24, 2.45) is 0 Å². The van der Waals surface area contributed by atoms with Gasteiger partial charge in [0, 0.05) is 11.8 Å². The number of nitrogens with zero attached hydrogens (tertiary/aromatic N) is 2. The molecule has 0 aliphatic heterocycles. The molecule has 6 heteroatoms. The summed E-state index contributed by atoms with van der Waals surface area (Å²) in [6, 6.07) is 0. The first-order valence-electron chi connectivity index (χ1n) is 3.17. The average molecular weight is 148 g/mol. The molecule has 0 fully saturated rings. The first-order chi connectivity index (χ1) is 5.25. The van der Waals surface area contributed by atoms with Gasteiger partial charge in [0.1, 0.15) is 0 Å². The van der Waals surface area contributed by atoms with Crippen LogP contribution in [0.25, 0.3) is 11.3 Å². The van der Waals surface area contributed by atoms with Crippen molar-refractivity contribution < 1.29 is 0 Å². The van der Waals surface area contributed by atoms with Gasteiger partial charge in [-0.15, -0.1) is 0 Å². The van der Waals surface area contributed by atoms with Gasteiger partial charge in [0.25, 0.3) is 0 Å². The highest BCUT2D eigenvalue weighted by Crippen LogP contribution is 1.92. The van der Waals surface area contributed by atoms with Crippen LogP contribution in [0.1, 0.15) is 0 Å². The van der Waals surface area contributed by atoms with Gasteiger partial charge in [-0.05, 0) is 0 Å². The molecule has 0 amide bonds. The van der Waals surface area contributed by atoms with Crippen molar-refractivity contribution in [1.82, 2.24) is 19.9 Å². The predicted octanol–water partition coefficient (Wildman–Crippen LogP) is -2.10. The number of aromatic amines is 2. The molecule has 2 aromatic rings. The summed E-state index contributed by atoms with van der Waals surface area (Å²) in [5.41, 5.74) is 1.52. The molecule has 5 nitrogen and oxygen atoms in total. The Hall–Kier alpha value is -1.59. The largest absolute Gasteiger partial charge is 0.326 e. The van der Waals surface area contributed by atoms with Crippen LogP contribution in [0.15, 0.2) is 11.0 Å². The lowest BCUT2D eigenvalue weighted by Gasteiger charge is -1.88. The van der Waals surface area contributed by atoms with Gasteiger partial charge < -0.3 is 0 Å². The molecule has 0 aliphatic rings. The minimum absolute atomic E-state index is 0.273. The van der Waals surface area contributed by atoms with Crippen LogP contribution in [-0.4, -0.2) is 27.8 Å². The lowest BCUT2D eigenvalue weighted by molar-refractivity contribution is 1.20. The van der Waals surface area contributed by atoms with Crippen LogP contribution in [0.4, 0.5) is 0 Å². The normalized spacial score (nSPS) is 10.5. The van der Waals surface area contributed by atoms with E-state index in [0.717, 1.165) is 5.59 Å². The van der Waals surface area contributed by atoms with Gasteiger partial charge in [0.2, 0.25) is 0 Å². The van der Waals surface area contributed by atoms with Gasteiger partial charge in [-0.2, -0.15) is 0 Å². The zero-order valence-corrected chi connectivity index (χ0v) is 5.88. The highest BCUT2D eigenvalue weighted by molar-refractivity contribution is 6.30. The van der Waals surface area contributed by atoms with Crippen LogP contribution < -0.4 is 11.3 Å². The third kappa shape index (κ3) is 0.919. The van der Waals surface area contributed by atoms with E-state index in [1.54, 1.807) is 6.20 Å². The highest BCUT2D eigenvalue weighted by Gasteiger charge is 1.98. The molecule has 54 valence electrons. The lowest BCUT2D eigenvalue weighted by atomic mass is 10.1. The number of rotatable bonds is 0. The summed E-state index contributed by atoms with van der Waals surface area (Å²) >= 11 is 0. The summed E-state index contributed by atoms with van der Waals surface area (Å²) in [6.07, 6.45) is 1.60. The average Bonchev–Trinajstić information content (AvgIpc) is 2.27. The van der Waals surface area contributed by atoms with E-state index in [0.29, 0.717) is 11.3 Å². The van der Waals surface area contributed by atoms with Crippen LogP contribution in [0.3, 0.4) is 0 Å². The van der Waals surface area contributed by atoms with Crippen molar-refractivity contribution in [2.45, 2.75) is 0 Å². The second-order valence-electron chi connectivity index (χ2n) is 2.29. The molecule has 0 aliphatic carbocycles. The van der Waals surface area contributed by atoms with E-state index >= 15 is 0 Å². The number of hydrogen-bond donors (Lipinski definition) is 2. The summed E-state index contributed by atoms with van der Waals surface area (Å²) in [6.45, 7) is 0. The second-order valence-corrected chi connectivity index (χ2v) is 2.29. The maximum atomic E-state index is 10.7. The van der Waals surface area contributed by atoms with Crippen LogP contribution in [0.2, 0.25) is 0 Å². The zero-order chi connectivity index (χ0) is 7.84. The van der Waals surface area contributed by atoms with E-state index in [2.05, 4.69) is 19.9 Å². The number of nitrogens with one attached hydrogen (secondary N) is 2. The van der Waals surface area contributed by atoms with Crippen LogP contribution in [-0.2, 0) is 0 Å². The quantitative estimate of drug-likeness (QED) is 0.420. The fourth-order valence-electron chi connectivity index (χ4n) is 0.902. The van der Waals surface area contributed by atoms with Gasteiger partial charge in [-0.3, -0.25) is 9.97 Å². The predicted molar refractivity (Wildman–Crippen MR) is 42.7 cm³/mol. The van der Waals surface area contributed by atoms with E-state index in [-0.39, 0.29) is 5.69 Å². The highest BCUT2D eigenvalue weighted by atomic mass is 16.1. The fourth-order valence-corrected chi connectivity index (χ4v) is 0.902. The Morgan fingerprint density at radius 1 is 1.36 bits per heavy atom. The molecule has 0 unspecified atom stereocenters. The van der Waals surface area contributed by atoms with Gasteiger partial charge in [0.05, 0.1) is 0 Å². The molecule has 0 saturated carbocycles. The molecule has 0 saturated heterocycles. The molecule has 0 radical (unpaired) electrons. The van der Waals surface area contributed by atoms with E-state index in [1.165, 1.54) is 0 Å². The third-order valence-electron chi connectivity index (χ3n) is 1.36. The molecule has 0 bridgehead atoms. The first-order valence-corrected chi connectivity index (χ1v) is 3.17. The molecule has 2 heterocycles. The number of aromatic nitrogens is 4. The Morgan fingerprint density at radius 2 is 2.09 bits per heavy atom. The Bertz CT molecular complexity index is 445. The first kappa shape index (κ1) is 6.15. The lowest BCUT2D eigenvalue weighted by Crippen LogP contribution is -2.08. The molecule has 0 aromatic carbocycles. The number of hydrogen-bond acceptors (Lipinski definition) is 3. The number of imidazole rings is 1. The maximum absolute atomic E-state index is 10.7. The number of H-pyrrole nitrogens is 2. The monoisotopic (exact) mass is 148 g/mol. The van der Waals surface area contributed by atoms with Crippen molar-refractivity contribution in [1.29, 1.82) is 0 Å². The van der Waals surface area contributed by atoms with Gasteiger partial charge in [-0.25, -0.2) is 14.8 Å². The Labute approximate surface area is 62.3 Å². The summed E-state index contributed by atoms with van der Waals surface area (Å²) in [5.74, 6) is 0. The molecule has 0 atom stereocenters. The van der Waals surface area contributed by atoms with E-state index < -0.39 is 0 Å². The maximum Gasteiger partial charge on any atom is 0.326 e. The van der Waals surface area contributed by atoms with Crippen molar-refractivity contribution in [3.8, 4) is 0 Å². The SMILES string of the molecule is Bc1cnc2[nH]c(=O)[nH]c2n1. The molecular formula is C5H5BN4O. The minimum Gasteiger partial charge on any atom is -0.289 e. The van der Waals surface area contributed by atoms with Crippen LogP contribution in [0.5, 0.6) is 0 Å². The molecule has 11 heavy (non-hydrogen) atoms. The summed E-state index contributed by atoms with van der Waals surface area (Å²) in [4.78, 5) is 23.7. The molecular weight excluding hydrogens is 143 g/mol. The summed E-state index contributed by atoms with van der Waals surface area (Å²) in [5, 5.41) is 0. The van der Waals surface area contributed by atoms with Crippen molar-refractivity contribution >= 4 is 24.7 Å². The smallest absolute Gasteiger partial charge is 0.289 e. The van der Waals surface area contributed by atoms with Crippen LogP contribution >= 0.6 is 0 Å². The van der Waals surface area contributed by atoms with Crippen LogP contribution in [0, 0.1) is 0 Å². The van der Waals surface area contributed by atoms with E-state index in [9.17, 15) is 4.79 Å². The van der Waals surface area contributed by atoms with Gasteiger partial charge in [-0.1, -0.05) is 0 Å². The van der Waals surface area contributed by atoms with Crippen molar-refractivity contribution in [3.63, 3.8) is 0 Å². The Morgan fingerprint density at radius 3 is 2.91 bits per heavy atom. The zero-order valence-electron chi connectivity index (χ0n) is 5.88. The minimum atomic E-state index is -0.273. The summed E-state index contributed by atoms with van der Waals surface area (Å²) < 4.78 is 0. The molecule has 2 aromatic heterocycles. The second kappa shape index (κ2) is 1.95. The van der Waals surface area contributed by atoms with Crippen molar-refractivity contribution in [2.75, 3.05) is 0 Å². The molecule has 2 N–H and O–H groups in total. The van der Waals surface area contributed by atoms with E-state index in [4.69, 9.17) is 0 Å². The Balaban J connectivity index is 2.92. The standard InChI is InChI=1S/C5H5BN4O/c6-2-1-7-3-4(8-2)10-5(11)9-3/h1H,6H2,(H2,7,8,9,10,11). The fraction of sp³-hybridized carbons (Fsp3) is 0. The van der Waals surface area contributed by atoms with Gasteiger partial charge in [0.15, 0.2) is 19.1 Å². The molecule has 2 rings (SSSR count).